The Kier molecular flexibility index (Phi) is 3.15. The highest BCUT2D eigenvalue weighted by molar-refractivity contribution is 6.17. The van der Waals surface area contributed by atoms with Gasteiger partial charge in [0.05, 0.1) is 17.6 Å². The normalized spacial score (nSPS) is 11.6. The summed E-state index contributed by atoms with van der Waals surface area (Å²) in [4.78, 5) is 20.9. The molecule has 2 aromatic heterocycles. The lowest BCUT2D eigenvalue weighted by Gasteiger charge is -2.07. The molecular weight excluding hydrogens is 328 g/mol. The first-order chi connectivity index (χ1) is 12.8. The summed E-state index contributed by atoms with van der Waals surface area (Å²) in [5, 5.41) is 4.38. The molecule has 0 fully saturated rings. The van der Waals surface area contributed by atoms with Gasteiger partial charge in [0, 0.05) is 32.6 Å². The summed E-state index contributed by atoms with van der Waals surface area (Å²) >= 11 is 0. The molecule has 1 N–H and O–H groups in total. The number of carbonyl (C=O) groups is 1. The molecule has 2 heterocycles. The largest absolute Gasteiger partial charge is 0.533 e. The van der Waals surface area contributed by atoms with E-state index < -0.39 is 6.16 Å². The molecule has 0 amide bonds. The second-order valence-corrected chi connectivity index (χ2v) is 6.17. The van der Waals surface area contributed by atoms with Crippen molar-refractivity contribution in [3.05, 3.63) is 60.7 Å². The molecule has 0 unspecified atom stereocenters. The third kappa shape index (κ3) is 2.07. The number of carbonyl (C=O) groups excluding carboxylic acids is 1. The summed E-state index contributed by atoms with van der Waals surface area (Å²) in [7, 11) is 0. The van der Waals surface area contributed by atoms with E-state index in [4.69, 9.17) is 9.57 Å². The van der Waals surface area contributed by atoms with Crippen LogP contribution in [0.25, 0.3) is 43.6 Å². The number of hydrogen-bond donors (Lipinski definition) is 1. The third-order valence-corrected chi connectivity index (χ3v) is 4.68. The molecular formula is C21H16N2O3. The Morgan fingerprint density at radius 2 is 1.65 bits per heavy atom. The van der Waals surface area contributed by atoms with Crippen LogP contribution in [0.5, 0.6) is 0 Å². The molecule has 0 spiro atoms. The number of nitrogens with zero attached hydrogens (tertiary/aromatic N) is 1. The summed E-state index contributed by atoms with van der Waals surface area (Å²) < 4.78 is 6.51. The van der Waals surface area contributed by atoms with Gasteiger partial charge in [-0.1, -0.05) is 36.4 Å². The quantitative estimate of drug-likeness (QED) is 0.458. The summed E-state index contributed by atoms with van der Waals surface area (Å²) in [6.45, 7) is 2.02. The van der Waals surface area contributed by atoms with Crippen LogP contribution < -0.4 is 4.84 Å². The zero-order valence-corrected chi connectivity index (χ0v) is 14.2. The van der Waals surface area contributed by atoms with Crippen molar-refractivity contribution >= 4 is 49.8 Å². The number of aromatic amines is 1. The Balaban J connectivity index is 1.86. The Hall–Kier alpha value is -3.47. The van der Waals surface area contributed by atoms with Gasteiger partial charge in [-0.2, -0.15) is 4.73 Å². The standard InChI is InChI=1S/C21H16N2O3/c1-2-25-21(24)26-23-19-10-6-4-8-14(19)16-11-15-13-7-3-5-9-17(13)22-18(15)12-20(16)23/h3-12,22H,2H2,1H3. The van der Waals surface area contributed by atoms with Crippen molar-refractivity contribution in [1.82, 2.24) is 9.71 Å². The summed E-state index contributed by atoms with van der Waals surface area (Å²) in [6.07, 6.45) is -0.716. The fourth-order valence-corrected chi connectivity index (χ4v) is 3.60. The number of para-hydroxylation sites is 2. The van der Waals surface area contributed by atoms with Crippen LogP contribution in [0.1, 0.15) is 6.92 Å². The van der Waals surface area contributed by atoms with Crippen molar-refractivity contribution in [2.75, 3.05) is 6.61 Å². The number of hydrogen-bond acceptors (Lipinski definition) is 3. The lowest BCUT2D eigenvalue weighted by molar-refractivity contribution is 0.0584. The number of rotatable bonds is 2. The van der Waals surface area contributed by atoms with Crippen molar-refractivity contribution in [3.63, 3.8) is 0 Å². The van der Waals surface area contributed by atoms with E-state index in [1.165, 1.54) is 5.39 Å². The van der Waals surface area contributed by atoms with Crippen LogP contribution in [-0.2, 0) is 4.74 Å². The van der Waals surface area contributed by atoms with E-state index in [0.29, 0.717) is 0 Å². The molecule has 128 valence electrons. The van der Waals surface area contributed by atoms with Crippen LogP contribution in [0.2, 0.25) is 0 Å². The number of ether oxygens (including phenoxy) is 1. The van der Waals surface area contributed by atoms with Crippen LogP contribution in [0.15, 0.2) is 60.7 Å². The van der Waals surface area contributed by atoms with Crippen molar-refractivity contribution in [2.24, 2.45) is 0 Å². The molecule has 0 aliphatic heterocycles. The van der Waals surface area contributed by atoms with Gasteiger partial charge in [-0.25, -0.2) is 4.79 Å². The summed E-state index contributed by atoms with van der Waals surface area (Å²) in [6, 6.07) is 20.2. The van der Waals surface area contributed by atoms with Gasteiger partial charge in [0.25, 0.3) is 0 Å². The van der Waals surface area contributed by atoms with E-state index in [9.17, 15) is 4.79 Å². The zero-order valence-electron chi connectivity index (χ0n) is 14.2. The topological polar surface area (TPSA) is 56.2 Å². The molecule has 26 heavy (non-hydrogen) atoms. The van der Waals surface area contributed by atoms with E-state index in [2.05, 4.69) is 23.2 Å². The lowest BCUT2D eigenvalue weighted by Crippen LogP contribution is -2.20. The molecule has 0 saturated heterocycles. The van der Waals surface area contributed by atoms with Crippen LogP contribution in [0, 0.1) is 0 Å². The average molecular weight is 344 g/mol. The second-order valence-electron chi connectivity index (χ2n) is 6.17. The SMILES string of the molecule is CCOC(=O)On1c2ccccc2c2cc3c(cc21)[nH]c1ccccc13. The summed E-state index contributed by atoms with van der Waals surface area (Å²) in [5.41, 5.74) is 3.72. The predicted octanol–water partition coefficient (Wildman–Crippen LogP) is 5.01. The first-order valence-electron chi connectivity index (χ1n) is 8.55. The van der Waals surface area contributed by atoms with Gasteiger partial charge in [-0.15, -0.1) is 0 Å². The molecule has 5 heteroatoms. The first-order valence-corrected chi connectivity index (χ1v) is 8.55. The zero-order chi connectivity index (χ0) is 17.7. The van der Waals surface area contributed by atoms with Crippen LogP contribution in [0.4, 0.5) is 4.79 Å². The monoisotopic (exact) mass is 344 g/mol. The fraction of sp³-hybridized carbons (Fsp3) is 0.0952. The smallest absolute Gasteiger partial charge is 0.433 e. The fourth-order valence-electron chi connectivity index (χ4n) is 3.60. The van der Waals surface area contributed by atoms with E-state index in [-0.39, 0.29) is 6.61 Å². The van der Waals surface area contributed by atoms with Gasteiger partial charge >= 0.3 is 6.16 Å². The molecule has 5 rings (SSSR count). The van der Waals surface area contributed by atoms with Gasteiger partial charge < -0.3 is 14.6 Å². The van der Waals surface area contributed by atoms with Gasteiger partial charge in [0.15, 0.2) is 0 Å². The minimum absolute atomic E-state index is 0.266. The molecule has 3 aromatic carbocycles. The maximum absolute atomic E-state index is 11.9. The van der Waals surface area contributed by atoms with Gasteiger partial charge in [-0.05, 0) is 31.2 Å². The lowest BCUT2D eigenvalue weighted by atomic mass is 10.1. The van der Waals surface area contributed by atoms with E-state index in [1.807, 2.05) is 42.5 Å². The highest BCUT2D eigenvalue weighted by Crippen LogP contribution is 2.34. The Morgan fingerprint density at radius 3 is 2.50 bits per heavy atom. The Bertz CT molecular complexity index is 1300. The molecule has 0 bridgehead atoms. The average Bonchev–Trinajstić information content (AvgIpc) is 3.16. The number of H-pyrrole nitrogens is 1. The molecule has 5 nitrogen and oxygen atoms in total. The molecule has 0 aliphatic carbocycles. The van der Waals surface area contributed by atoms with Crippen molar-refractivity contribution in [3.8, 4) is 0 Å². The highest BCUT2D eigenvalue weighted by atomic mass is 16.8. The van der Waals surface area contributed by atoms with Crippen LogP contribution in [0.3, 0.4) is 0 Å². The van der Waals surface area contributed by atoms with E-state index >= 15 is 0 Å². The molecule has 0 aliphatic rings. The van der Waals surface area contributed by atoms with Crippen molar-refractivity contribution in [2.45, 2.75) is 6.92 Å². The third-order valence-electron chi connectivity index (χ3n) is 4.68. The maximum Gasteiger partial charge on any atom is 0.533 e. The van der Waals surface area contributed by atoms with Crippen molar-refractivity contribution < 1.29 is 14.4 Å². The maximum atomic E-state index is 11.9. The van der Waals surface area contributed by atoms with Gasteiger partial charge in [0.2, 0.25) is 0 Å². The second kappa shape index (κ2) is 5.52. The molecule has 0 atom stereocenters. The molecule has 0 saturated carbocycles. The minimum Gasteiger partial charge on any atom is -0.433 e. The van der Waals surface area contributed by atoms with Crippen LogP contribution in [-0.4, -0.2) is 22.5 Å². The highest BCUT2D eigenvalue weighted by Gasteiger charge is 2.17. The first kappa shape index (κ1) is 14.8. The van der Waals surface area contributed by atoms with Gasteiger partial charge in [0.1, 0.15) is 0 Å². The predicted molar refractivity (Wildman–Crippen MR) is 102 cm³/mol. The minimum atomic E-state index is -0.716. The number of aromatic nitrogens is 2. The van der Waals surface area contributed by atoms with Crippen molar-refractivity contribution in [1.29, 1.82) is 0 Å². The Morgan fingerprint density at radius 1 is 0.885 bits per heavy atom. The van der Waals surface area contributed by atoms with E-state index in [1.54, 1.807) is 11.7 Å². The van der Waals surface area contributed by atoms with Crippen LogP contribution >= 0.6 is 0 Å². The Labute approximate surface area is 148 Å². The van der Waals surface area contributed by atoms with E-state index in [0.717, 1.165) is 38.2 Å². The molecule has 0 radical (unpaired) electrons. The summed E-state index contributed by atoms with van der Waals surface area (Å²) in [5.74, 6) is 0. The number of nitrogens with one attached hydrogen (secondary N) is 1. The molecule has 5 aromatic rings. The number of fused-ring (bicyclic) bond motifs is 6. The van der Waals surface area contributed by atoms with Gasteiger partial charge in [-0.3, -0.25) is 0 Å². The number of benzene rings is 3.